The molecule has 2 aromatic rings. The lowest BCUT2D eigenvalue weighted by Gasteiger charge is -2.23. The van der Waals surface area contributed by atoms with Gasteiger partial charge in [0, 0.05) is 11.0 Å². The zero-order valence-electron chi connectivity index (χ0n) is 14.0. The van der Waals surface area contributed by atoms with E-state index in [0.29, 0.717) is 12.2 Å². The van der Waals surface area contributed by atoms with E-state index < -0.39 is 5.41 Å². The molecule has 2 aromatic carbocycles. The molecular weight excluding hydrogens is 368 g/mol. The zero-order valence-corrected chi connectivity index (χ0v) is 15.6. The van der Waals surface area contributed by atoms with Crippen LogP contribution < -0.4 is 10.6 Å². The van der Waals surface area contributed by atoms with Crippen molar-refractivity contribution < 1.29 is 9.59 Å². The molecule has 2 rings (SSSR count). The van der Waals surface area contributed by atoms with E-state index in [9.17, 15) is 9.59 Å². The Morgan fingerprint density at radius 3 is 2.42 bits per heavy atom. The Kier molecular flexibility index (Phi) is 5.78. The van der Waals surface area contributed by atoms with Crippen LogP contribution in [-0.2, 0) is 16.1 Å². The maximum Gasteiger partial charge on any atom is 0.239 e. The van der Waals surface area contributed by atoms with Gasteiger partial charge in [0.25, 0.3) is 0 Å². The van der Waals surface area contributed by atoms with Crippen LogP contribution in [0, 0.1) is 12.3 Å². The molecule has 0 unspecified atom stereocenters. The summed E-state index contributed by atoms with van der Waals surface area (Å²) in [5.41, 5.74) is 1.60. The van der Waals surface area contributed by atoms with Crippen molar-refractivity contribution in [3.05, 3.63) is 64.1 Å². The second kappa shape index (κ2) is 7.62. The molecule has 0 aliphatic heterocycles. The molecule has 0 saturated carbocycles. The van der Waals surface area contributed by atoms with E-state index in [4.69, 9.17) is 0 Å². The van der Waals surface area contributed by atoms with Crippen molar-refractivity contribution in [3.8, 4) is 0 Å². The third kappa shape index (κ3) is 4.45. The molecular formula is C19H21BrN2O2. The fourth-order valence-corrected chi connectivity index (χ4v) is 2.55. The quantitative estimate of drug-likeness (QED) is 0.759. The summed E-state index contributed by atoms with van der Waals surface area (Å²) in [6.45, 7) is 5.63. The van der Waals surface area contributed by atoms with Crippen molar-refractivity contribution in [2.75, 3.05) is 5.32 Å². The van der Waals surface area contributed by atoms with E-state index in [2.05, 4.69) is 26.6 Å². The fourth-order valence-electron chi connectivity index (χ4n) is 2.17. The molecule has 0 aliphatic rings. The van der Waals surface area contributed by atoms with E-state index >= 15 is 0 Å². The van der Waals surface area contributed by atoms with Crippen molar-refractivity contribution >= 4 is 33.4 Å². The largest absolute Gasteiger partial charge is 0.351 e. The van der Waals surface area contributed by atoms with Gasteiger partial charge in [0.1, 0.15) is 5.41 Å². The SMILES string of the molecule is Cc1cccc(CNC(=O)C(C)(C)C(=O)Nc2ccccc2Br)c1. The summed E-state index contributed by atoms with van der Waals surface area (Å²) in [5, 5.41) is 5.63. The Hall–Kier alpha value is -2.14. The topological polar surface area (TPSA) is 58.2 Å². The number of amides is 2. The van der Waals surface area contributed by atoms with Gasteiger partial charge in [-0.3, -0.25) is 9.59 Å². The van der Waals surface area contributed by atoms with Gasteiger partial charge in [-0.05, 0) is 54.4 Å². The summed E-state index contributed by atoms with van der Waals surface area (Å²) in [6.07, 6.45) is 0. The van der Waals surface area contributed by atoms with Gasteiger partial charge in [0.05, 0.1) is 5.69 Å². The highest BCUT2D eigenvalue weighted by atomic mass is 79.9. The maximum atomic E-state index is 12.5. The highest BCUT2D eigenvalue weighted by Crippen LogP contribution is 2.25. The normalized spacial score (nSPS) is 11.0. The first-order valence-electron chi connectivity index (χ1n) is 7.70. The highest BCUT2D eigenvalue weighted by molar-refractivity contribution is 9.10. The van der Waals surface area contributed by atoms with Crippen LogP contribution in [0.3, 0.4) is 0 Å². The second-order valence-corrected chi connectivity index (χ2v) is 7.09. The molecule has 0 fully saturated rings. The summed E-state index contributed by atoms with van der Waals surface area (Å²) in [7, 11) is 0. The minimum absolute atomic E-state index is 0.312. The molecule has 0 spiro atoms. The van der Waals surface area contributed by atoms with Crippen LogP contribution in [0.1, 0.15) is 25.0 Å². The smallest absolute Gasteiger partial charge is 0.239 e. The van der Waals surface area contributed by atoms with E-state index in [-0.39, 0.29) is 11.8 Å². The van der Waals surface area contributed by atoms with Crippen LogP contribution in [0.15, 0.2) is 53.0 Å². The Morgan fingerprint density at radius 1 is 1.04 bits per heavy atom. The first-order valence-corrected chi connectivity index (χ1v) is 8.50. The molecule has 4 nitrogen and oxygen atoms in total. The van der Waals surface area contributed by atoms with Crippen LogP contribution in [-0.4, -0.2) is 11.8 Å². The number of rotatable bonds is 5. The molecule has 5 heteroatoms. The van der Waals surface area contributed by atoms with Gasteiger partial charge in [0.2, 0.25) is 11.8 Å². The van der Waals surface area contributed by atoms with Crippen molar-refractivity contribution in [2.45, 2.75) is 27.3 Å². The van der Waals surface area contributed by atoms with Crippen LogP contribution in [0.5, 0.6) is 0 Å². The van der Waals surface area contributed by atoms with E-state index in [0.717, 1.165) is 15.6 Å². The molecule has 126 valence electrons. The van der Waals surface area contributed by atoms with E-state index in [1.165, 1.54) is 0 Å². The van der Waals surface area contributed by atoms with Crippen LogP contribution in [0.4, 0.5) is 5.69 Å². The van der Waals surface area contributed by atoms with Gasteiger partial charge in [-0.25, -0.2) is 0 Å². The number of para-hydroxylation sites is 1. The lowest BCUT2D eigenvalue weighted by molar-refractivity contribution is -0.138. The summed E-state index contributed by atoms with van der Waals surface area (Å²) >= 11 is 3.38. The zero-order chi connectivity index (χ0) is 17.7. The second-order valence-electron chi connectivity index (χ2n) is 6.23. The van der Waals surface area contributed by atoms with Crippen molar-refractivity contribution in [3.63, 3.8) is 0 Å². The molecule has 0 atom stereocenters. The Bertz CT molecular complexity index is 757. The number of hydrogen-bond acceptors (Lipinski definition) is 2. The van der Waals surface area contributed by atoms with Gasteiger partial charge in [0.15, 0.2) is 0 Å². The molecule has 24 heavy (non-hydrogen) atoms. The summed E-state index contributed by atoms with van der Waals surface area (Å²) in [6, 6.07) is 15.2. The number of halogens is 1. The number of nitrogens with one attached hydrogen (secondary N) is 2. The van der Waals surface area contributed by atoms with Crippen molar-refractivity contribution in [1.29, 1.82) is 0 Å². The molecule has 0 saturated heterocycles. The number of carbonyl (C=O) groups is 2. The molecule has 2 amide bonds. The fraction of sp³-hybridized carbons (Fsp3) is 0.263. The van der Waals surface area contributed by atoms with Gasteiger partial charge in [-0.2, -0.15) is 0 Å². The first kappa shape index (κ1) is 18.2. The lowest BCUT2D eigenvalue weighted by Crippen LogP contribution is -2.44. The average Bonchev–Trinajstić information content (AvgIpc) is 2.54. The number of aryl methyl sites for hydroxylation is 1. The van der Waals surface area contributed by atoms with Gasteiger partial charge < -0.3 is 10.6 Å². The molecule has 2 N–H and O–H groups in total. The predicted molar refractivity (Wildman–Crippen MR) is 99.6 cm³/mol. The van der Waals surface area contributed by atoms with Gasteiger partial charge in [-0.15, -0.1) is 0 Å². The number of carbonyl (C=O) groups excluding carboxylic acids is 2. The van der Waals surface area contributed by atoms with E-state index in [1.54, 1.807) is 19.9 Å². The maximum absolute atomic E-state index is 12.5. The van der Waals surface area contributed by atoms with Crippen molar-refractivity contribution in [1.82, 2.24) is 5.32 Å². The third-order valence-corrected chi connectivity index (χ3v) is 4.48. The summed E-state index contributed by atoms with van der Waals surface area (Å²) in [5.74, 6) is -0.662. The van der Waals surface area contributed by atoms with E-state index in [1.807, 2.05) is 49.4 Å². The Balaban J connectivity index is 2.01. The Labute approximate surface area is 150 Å². The van der Waals surface area contributed by atoms with Crippen LogP contribution in [0.25, 0.3) is 0 Å². The third-order valence-electron chi connectivity index (χ3n) is 3.79. The number of anilines is 1. The monoisotopic (exact) mass is 388 g/mol. The van der Waals surface area contributed by atoms with Gasteiger partial charge >= 0.3 is 0 Å². The summed E-state index contributed by atoms with van der Waals surface area (Å²) < 4.78 is 0.773. The van der Waals surface area contributed by atoms with Crippen LogP contribution in [0.2, 0.25) is 0 Å². The molecule has 0 bridgehead atoms. The number of hydrogen-bond donors (Lipinski definition) is 2. The minimum Gasteiger partial charge on any atom is -0.351 e. The molecule has 0 heterocycles. The number of benzene rings is 2. The first-order chi connectivity index (χ1) is 11.3. The highest BCUT2D eigenvalue weighted by Gasteiger charge is 2.36. The molecule has 0 radical (unpaired) electrons. The van der Waals surface area contributed by atoms with Gasteiger partial charge in [-0.1, -0.05) is 42.0 Å². The predicted octanol–water partition coefficient (Wildman–Crippen LogP) is 4.04. The van der Waals surface area contributed by atoms with Crippen LogP contribution >= 0.6 is 15.9 Å². The average molecular weight is 389 g/mol. The van der Waals surface area contributed by atoms with Crippen molar-refractivity contribution in [2.24, 2.45) is 5.41 Å². The Morgan fingerprint density at radius 2 is 1.75 bits per heavy atom. The molecule has 0 aromatic heterocycles. The minimum atomic E-state index is -1.18. The molecule has 0 aliphatic carbocycles. The lowest BCUT2D eigenvalue weighted by atomic mass is 9.90. The standard InChI is InChI=1S/C19H21BrN2O2/c1-13-7-6-8-14(11-13)12-21-17(23)19(2,3)18(24)22-16-10-5-4-9-15(16)20/h4-11H,12H2,1-3H3,(H,21,23)(H,22,24). The summed E-state index contributed by atoms with van der Waals surface area (Å²) in [4.78, 5) is 25.0.